The number of ether oxygens (including phenoxy) is 1. The van der Waals surface area contributed by atoms with Gasteiger partial charge in [-0.15, -0.1) is 0 Å². The van der Waals surface area contributed by atoms with Gasteiger partial charge in [0.1, 0.15) is 12.0 Å². The molecule has 1 aliphatic rings. The maximum Gasteiger partial charge on any atom is 0.309 e. The Bertz CT molecular complexity index is 692. The van der Waals surface area contributed by atoms with Crippen LogP contribution in [0.15, 0.2) is 29.2 Å². The van der Waals surface area contributed by atoms with Crippen LogP contribution < -0.4 is 10.6 Å². The molecule has 0 saturated carbocycles. The van der Waals surface area contributed by atoms with E-state index in [1.54, 1.807) is 0 Å². The van der Waals surface area contributed by atoms with E-state index in [1.807, 2.05) is 0 Å². The lowest BCUT2D eigenvalue weighted by molar-refractivity contribution is -0.139. The van der Waals surface area contributed by atoms with E-state index < -0.39 is 33.9 Å². The van der Waals surface area contributed by atoms with Crippen molar-refractivity contribution in [2.45, 2.75) is 11.1 Å². The number of benzene rings is 1. The number of carbonyl (C=O) groups excluding carboxylic acids is 2. The van der Waals surface area contributed by atoms with Gasteiger partial charge >= 0.3 is 11.8 Å². The lowest BCUT2D eigenvalue weighted by Crippen LogP contribution is -2.46. The fraction of sp³-hybridized carbons (Fsp3) is 0.385. The molecule has 1 aromatic rings. The first-order valence-corrected chi connectivity index (χ1v) is 8.19. The summed E-state index contributed by atoms with van der Waals surface area (Å²) in [5.74, 6) is -2.27. The van der Waals surface area contributed by atoms with Gasteiger partial charge < -0.3 is 15.4 Å². The largest absolute Gasteiger partial charge is 0.359 e. The molecule has 1 atom stereocenters. The molecule has 2 amide bonds. The van der Waals surface area contributed by atoms with Crippen molar-refractivity contribution in [3.63, 3.8) is 0 Å². The van der Waals surface area contributed by atoms with Crippen LogP contribution in [0.4, 0.5) is 4.39 Å². The smallest absolute Gasteiger partial charge is 0.309 e. The molecule has 0 bridgehead atoms. The Labute approximate surface area is 132 Å². The highest BCUT2D eigenvalue weighted by Gasteiger charge is 2.36. The van der Waals surface area contributed by atoms with Crippen molar-refractivity contribution in [2.24, 2.45) is 0 Å². The Kier molecular flexibility index (Phi) is 5.29. The monoisotopic (exact) mass is 345 g/mol. The molecule has 0 radical (unpaired) electrons. The van der Waals surface area contributed by atoms with E-state index in [0.29, 0.717) is 0 Å². The number of sulfonamides is 1. The summed E-state index contributed by atoms with van der Waals surface area (Å²) in [6.45, 7) is 0.0772. The lowest BCUT2D eigenvalue weighted by Gasteiger charge is -2.22. The third-order valence-corrected chi connectivity index (χ3v) is 5.14. The minimum Gasteiger partial charge on any atom is -0.359 e. The Morgan fingerprint density at radius 2 is 1.96 bits per heavy atom. The molecule has 0 aromatic heterocycles. The Hall–Kier alpha value is -2.04. The lowest BCUT2D eigenvalue weighted by atomic mass is 10.4. The van der Waals surface area contributed by atoms with Crippen LogP contribution in [0.25, 0.3) is 0 Å². The van der Waals surface area contributed by atoms with Crippen LogP contribution >= 0.6 is 0 Å². The van der Waals surface area contributed by atoms with Crippen molar-refractivity contribution < 1.29 is 27.1 Å². The number of nitrogens with zero attached hydrogens (tertiary/aromatic N) is 1. The molecule has 1 heterocycles. The molecule has 1 aromatic carbocycles. The van der Waals surface area contributed by atoms with Crippen molar-refractivity contribution in [2.75, 3.05) is 26.7 Å². The summed E-state index contributed by atoms with van der Waals surface area (Å²) < 4.78 is 44.3. The highest BCUT2D eigenvalue weighted by atomic mass is 32.2. The van der Waals surface area contributed by atoms with Crippen molar-refractivity contribution >= 4 is 21.8 Å². The van der Waals surface area contributed by atoms with Gasteiger partial charge in [0.05, 0.1) is 18.0 Å². The third-order valence-electron chi connectivity index (χ3n) is 3.23. The summed E-state index contributed by atoms with van der Waals surface area (Å²) in [6, 6.07) is 4.41. The predicted molar refractivity (Wildman–Crippen MR) is 77.1 cm³/mol. The summed E-state index contributed by atoms with van der Waals surface area (Å²) in [7, 11) is -2.58. The zero-order chi connectivity index (χ0) is 17.0. The van der Waals surface area contributed by atoms with E-state index >= 15 is 0 Å². The molecule has 1 saturated heterocycles. The molecule has 10 heteroatoms. The Balaban J connectivity index is 2.10. The minimum atomic E-state index is -3.89. The van der Waals surface area contributed by atoms with Gasteiger partial charge in [0, 0.05) is 13.6 Å². The molecular formula is C13H16FN3O5S. The highest BCUT2D eigenvalue weighted by Crippen LogP contribution is 2.22. The summed E-state index contributed by atoms with van der Waals surface area (Å²) in [6.07, 6.45) is -0.932. The van der Waals surface area contributed by atoms with Gasteiger partial charge in [-0.1, -0.05) is 0 Å². The summed E-state index contributed by atoms with van der Waals surface area (Å²) in [4.78, 5) is 22.4. The van der Waals surface area contributed by atoms with Crippen LogP contribution in [0.3, 0.4) is 0 Å². The summed E-state index contributed by atoms with van der Waals surface area (Å²) in [5, 5.41) is 4.45. The van der Waals surface area contributed by atoms with Gasteiger partial charge in [-0.25, -0.2) is 12.8 Å². The summed E-state index contributed by atoms with van der Waals surface area (Å²) in [5.41, 5.74) is 0. The normalized spacial score (nSPS) is 18.6. The maximum atomic E-state index is 12.9. The van der Waals surface area contributed by atoms with Crippen LogP contribution in [0.1, 0.15) is 0 Å². The average Bonchev–Trinajstić information content (AvgIpc) is 3.01. The first kappa shape index (κ1) is 17.3. The minimum absolute atomic E-state index is 0.0768. The van der Waals surface area contributed by atoms with E-state index in [4.69, 9.17) is 4.74 Å². The molecule has 126 valence electrons. The van der Waals surface area contributed by atoms with Gasteiger partial charge in [0.15, 0.2) is 0 Å². The molecular weight excluding hydrogens is 329 g/mol. The number of likely N-dealkylation sites (N-methyl/N-ethyl adjacent to an activating group) is 1. The third kappa shape index (κ3) is 3.84. The molecule has 1 unspecified atom stereocenters. The molecule has 8 nitrogen and oxygen atoms in total. The number of halogens is 1. The molecule has 0 aliphatic carbocycles. The number of rotatable bonds is 4. The second-order valence-corrected chi connectivity index (χ2v) is 6.57. The molecule has 1 aliphatic heterocycles. The Morgan fingerprint density at radius 3 is 2.57 bits per heavy atom. The molecule has 0 spiro atoms. The number of amides is 2. The number of hydrogen-bond donors (Lipinski definition) is 2. The fourth-order valence-corrected chi connectivity index (χ4v) is 3.57. The highest BCUT2D eigenvalue weighted by molar-refractivity contribution is 7.89. The first-order chi connectivity index (χ1) is 10.9. The van der Waals surface area contributed by atoms with Gasteiger partial charge in [-0.3, -0.25) is 9.59 Å². The summed E-state index contributed by atoms with van der Waals surface area (Å²) >= 11 is 0. The van der Waals surface area contributed by atoms with Crippen LogP contribution in [-0.2, 0) is 24.3 Å². The topological polar surface area (TPSA) is 105 Å². The number of carbonyl (C=O) groups is 2. The van der Waals surface area contributed by atoms with E-state index in [-0.39, 0.29) is 24.6 Å². The van der Waals surface area contributed by atoms with Crippen LogP contribution in [0.2, 0.25) is 0 Å². The van der Waals surface area contributed by atoms with Gasteiger partial charge in [-0.2, -0.15) is 4.31 Å². The van der Waals surface area contributed by atoms with Crippen molar-refractivity contribution in [3.05, 3.63) is 30.1 Å². The second kappa shape index (κ2) is 7.02. The van der Waals surface area contributed by atoms with Gasteiger partial charge in [-0.05, 0) is 24.3 Å². The van der Waals surface area contributed by atoms with Crippen molar-refractivity contribution in [3.8, 4) is 0 Å². The standard InChI is InChI=1S/C13H16FN3O5S/c1-15-12(18)13(19)16-8-11-17(6-7-22-11)23(20,21)10-4-2-9(14)3-5-10/h2-5,11H,6-8H2,1H3,(H,15,18)(H,16,19). The molecule has 23 heavy (non-hydrogen) atoms. The van der Waals surface area contributed by atoms with Crippen molar-refractivity contribution in [1.82, 2.24) is 14.9 Å². The average molecular weight is 345 g/mol. The second-order valence-electron chi connectivity index (χ2n) is 4.68. The van der Waals surface area contributed by atoms with E-state index in [2.05, 4.69) is 10.6 Å². The fourth-order valence-electron chi connectivity index (χ4n) is 2.06. The number of hydrogen-bond acceptors (Lipinski definition) is 5. The van der Waals surface area contributed by atoms with Crippen molar-refractivity contribution in [1.29, 1.82) is 0 Å². The number of nitrogens with one attached hydrogen (secondary N) is 2. The van der Waals surface area contributed by atoms with E-state index in [0.717, 1.165) is 28.6 Å². The maximum absolute atomic E-state index is 12.9. The Morgan fingerprint density at radius 1 is 1.30 bits per heavy atom. The van der Waals surface area contributed by atoms with E-state index in [1.165, 1.54) is 7.05 Å². The quantitative estimate of drug-likeness (QED) is 0.684. The van der Waals surface area contributed by atoms with Gasteiger partial charge in [0.2, 0.25) is 10.0 Å². The molecule has 2 N–H and O–H groups in total. The predicted octanol–water partition coefficient (Wildman–Crippen LogP) is -0.965. The SMILES string of the molecule is CNC(=O)C(=O)NCC1OCCN1S(=O)(=O)c1ccc(F)cc1. The molecule has 1 fully saturated rings. The van der Waals surface area contributed by atoms with Crippen LogP contribution in [0, 0.1) is 5.82 Å². The van der Waals surface area contributed by atoms with Crippen LogP contribution in [0.5, 0.6) is 0 Å². The zero-order valence-corrected chi connectivity index (χ0v) is 13.1. The zero-order valence-electron chi connectivity index (χ0n) is 12.3. The van der Waals surface area contributed by atoms with Gasteiger partial charge in [0.25, 0.3) is 0 Å². The first-order valence-electron chi connectivity index (χ1n) is 6.75. The van der Waals surface area contributed by atoms with Crippen LogP contribution in [-0.4, -0.2) is 57.5 Å². The molecule has 2 rings (SSSR count). The van der Waals surface area contributed by atoms with E-state index in [9.17, 15) is 22.4 Å².